The monoisotopic (exact) mass is 422 g/mol. The van der Waals surface area contributed by atoms with Gasteiger partial charge in [-0.05, 0) is 19.1 Å². The minimum absolute atomic E-state index is 0.0819. The summed E-state index contributed by atoms with van der Waals surface area (Å²) in [6, 6.07) is 2.80. The Balaban J connectivity index is 2.25. The molecule has 2 aromatic rings. The number of ether oxygens (including phenoxy) is 2. The van der Waals surface area contributed by atoms with Gasteiger partial charge in [0.15, 0.2) is 5.03 Å². The number of urea groups is 1. The van der Waals surface area contributed by atoms with E-state index in [-0.39, 0.29) is 23.3 Å². The molecular weight excluding hydrogens is 404 g/mol. The first-order chi connectivity index (χ1) is 13.7. The quantitative estimate of drug-likeness (QED) is 0.582. The van der Waals surface area contributed by atoms with Crippen molar-refractivity contribution in [1.29, 1.82) is 0 Å². The highest BCUT2D eigenvalue weighted by Crippen LogP contribution is 2.17. The van der Waals surface area contributed by atoms with E-state index in [1.807, 2.05) is 0 Å². The van der Waals surface area contributed by atoms with Gasteiger partial charge in [0.2, 0.25) is 17.7 Å². The standard InChI is InChI=1S/C16H18N6O6S/c1-9(2)18-13(23)10-6-5-7-17-14(10)29(25,26)22-16(24)21-15-19-11(27-3)8-12(20-15)28-4/h5-8H,1H2,2-4H3,(H,18,23)(H2,19,20,21,22,24). The minimum atomic E-state index is -4.50. The lowest BCUT2D eigenvalue weighted by Gasteiger charge is -2.11. The predicted molar refractivity (Wildman–Crippen MR) is 101 cm³/mol. The minimum Gasteiger partial charge on any atom is -0.481 e. The van der Waals surface area contributed by atoms with Crippen LogP contribution in [-0.4, -0.2) is 49.5 Å². The summed E-state index contributed by atoms with van der Waals surface area (Å²) in [5.74, 6) is -0.848. The van der Waals surface area contributed by atoms with Crippen molar-refractivity contribution in [1.82, 2.24) is 25.0 Å². The van der Waals surface area contributed by atoms with E-state index in [1.165, 1.54) is 45.5 Å². The molecule has 0 radical (unpaired) electrons. The summed E-state index contributed by atoms with van der Waals surface area (Å²) < 4.78 is 36.7. The van der Waals surface area contributed by atoms with Gasteiger partial charge in [0.1, 0.15) is 0 Å². The third kappa shape index (κ3) is 5.62. The molecule has 0 aliphatic carbocycles. The van der Waals surface area contributed by atoms with Gasteiger partial charge in [0.25, 0.3) is 15.9 Å². The number of rotatable bonds is 7. The first-order valence-electron chi connectivity index (χ1n) is 7.89. The second-order valence-electron chi connectivity index (χ2n) is 5.43. The smallest absolute Gasteiger partial charge is 0.335 e. The number of sulfonamides is 1. The summed E-state index contributed by atoms with van der Waals surface area (Å²) in [6.45, 7) is 5.04. The highest BCUT2D eigenvalue weighted by molar-refractivity contribution is 7.90. The van der Waals surface area contributed by atoms with Crippen LogP contribution >= 0.6 is 0 Å². The molecular formula is C16H18N6O6S. The molecule has 0 atom stereocenters. The van der Waals surface area contributed by atoms with Gasteiger partial charge in [-0.1, -0.05) is 6.58 Å². The molecule has 0 saturated carbocycles. The molecule has 3 amide bonds. The maximum Gasteiger partial charge on any atom is 0.335 e. The fourth-order valence-electron chi connectivity index (χ4n) is 2.01. The lowest BCUT2D eigenvalue weighted by Crippen LogP contribution is -2.36. The number of nitrogens with zero attached hydrogens (tertiary/aromatic N) is 3. The number of carbonyl (C=O) groups excluding carboxylic acids is 2. The third-order valence-corrected chi connectivity index (χ3v) is 4.44. The zero-order valence-corrected chi connectivity index (χ0v) is 16.5. The van der Waals surface area contributed by atoms with E-state index in [4.69, 9.17) is 9.47 Å². The second-order valence-corrected chi connectivity index (χ2v) is 7.02. The molecule has 2 aromatic heterocycles. The molecule has 0 aromatic carbocycles. The van der Waals surface area contributed by atoms with Gasteiger partial charge in [-0.15, -0.1) is 0 Å². The van der Waals surface area contributed by atoms with Gasteiger partial charge >= 0.3 is 6.03 Å². The summed E-state index contributed by atoms with van der Waals surface area (Å²) in [6.07, 6.45) is 1.17. The molecule has 0 bridgehead atoms. The number of pyridine rings is 1. The Labute approximate surface area is 166 Å². The zero-order chi connectivity index (χ0) is 21.6. The normalized spacial score (nSPS) is 10.6. The van der Waals surface area contributed by atoms with Crippen LogP contribution in [0.1, 0.15) is 17.3 Å². The van der Waals surface area contributed by atoms with Crippen LogP contribution in [0.15, 0.2) is 41.7 Å². The van der Waals surface area contributed by atoms with E-state index in [0.29, 0.717) is 5.70 Å². The van der Waals surface area contributed by atoms with E-state index >= 15 is 0 Å². The zero-order valence-electron chi connectivity index (χ0n) is 15.7. The predicted octanol–water partition coefficient (Wildman–Crippen LogP) is 0.663. The van der Waals surface area contributed by atoms with Crippen LogP contribution in [0, 0.1) is 0 Å². The van der Waals surface area contributed by atoms with Gasteiger partial charge in [-0.3, -0.25) is 10.1 Å². The van der Waals surface area contributed by atoms with Crippen molar-refractivity contribution < 1.29 is 27.5 Å². The van der Waals surface area contributed by atoms with Crippen molar-refractivity contribution in [3.8, 4) is 11.8 Å². The number of carbonyl (C=O) groups is 2. The van der Waals surface area contributed by atoms with Gasteiger partial charge in [-0.25, -0.2) is 14.5 Å². The molecule has 3 N–H and O–H groups in total. The first-order valence-corrected chi connectivity index (χ1v) is 9.37. The number of aromatic nitrogens is 3. The van der Waals surface area contributed by atoms with Crippen LogP contribution in [0.4, 0.5) is 10.7 Å². The number of hydrogen-bond donors (Lipinski definition) is 3. The molecule has 0 saturated heterocycles. The van der Waals surface area contributed by atoms with Gasteiger partial charge < -0.3 is 14.8 Å². The Morgan fingerprint density at radius 1 is 1.14 bits per heavy atom. The number of allylic oxidation sites excluding steroid dienone is 1. The van der Waals surface area contributed by atoms with E-state index in [1.54, 1.807) is 4.72 Å². The fourth-order valence-corrected chi connectivity index (χ4v) is 3.05. The molecule has 2 heterocycles. The van der Waals surface area contributed by atoms with Gasteiger partial charge in [0.05, 0.1) is 25.8 Å². The highest BCUT2D eigenvalue weighted by atomic mass is 32.2. The molecule has 0 unspecified atom stereocenters. The van der Waals surface area contributed by atoms with Crippen LogP contribution in [0.25, 0.3) is 0 Å². The topological polar surface area (TPSA) is 161 Å². The van der Waals surface area contributed by atoms with E-state index in [9.17, 15) is 18.0 Å². The Morgan fingerprint density at radius 3 is 2.31 bits per heavy atom. The van der Waals surface area contributed by atoms with Crippen molar-refractivity contribution in [2.75, 3.05) is 19.5 Å². The Kier molecular flexibility index (Phi) is 6.67. The Hall–Kier alpha value is -3.74. The molecule has 0 fully saturated rings. The summed E-state index contributed by atoms with van der Waals surface area (Å²) in [4.78, 5) is 35.7. The van der Waals surface area contributed by atoms with Crippen molar-refractivity contribution in [2.45, 2.75) is 11.9 Å². The van der Waals surface area contributed by atoms with Crippen molar-refractivity contribution in [2.24, 2.45) is 0 Å². The van der Waals surface area contributed by atoms with E-state index in [2.05, 4.69) is 32.2 Å². The highest BCUT2D eigenvalue weighted by Gasteiger charge is 2.26. The van der Waals surface area contributed by atoms with Crippen LogP contribution in [0.2, 0.25) is 0 Å². The number of anilines is 1. The summed E-state index contributed by atoms with van der Waals surface area (Å²) in [5, 5.41) is 3.88. The van der Waals surface area contributed by atoms with Gasteiger partial charge in [-0.2, -0.15) is 18.4 Å². The maximum absolute atomic E-state index is 12.6. The summed E-state index contributed by atoms with van der Waals surface area (Å²) in [5.41, 5.74) is 0.0344. The molecule has 0 aliphatic heterocycles. The Bertz CT molecular complexity index is 1030. The summed E-state index contributed by atoms with van der Waals surface area (Å²) in [7, 11) is -1.82. The first kappa shape index (κ1) is 21.6. The number of hydrogen-bond acceptors (Lipinski definition) is 9. The van der Waals surface area contributed by atoms with Crippen molar-refractivity contribution in [3.05, 3.63) is 42.2 Å². The largest absolute Gasteiger partial charge is 0.481 e. The summed E-state index contributed by atoms with van der Waals surface area (Å²) >= 11 is 0. The average Bonchev–Trinajstić information content (AvgIpc) is 2.66. The second kappa shape index (κ2) is 8.97. The number of methoxy groups -OCH3 is 2. The SMILES string of the molecule is C=C(C)NC(=O)c1cccnc1S(=O)(=O)NC(=O)Nc1nc(OC)cc(OC)n1. The Morgan fingerprint density at radius 2 is 1.76 bits per heavy atom. The van der Waals surface area contributed by atoms with E-state index < -0.39 is 27.0 Å². The average molecular weight is 422 g/mol. The lowest BCUT2D eigenvalue weighted by atomic mass is 10.2. The number of nitrogens with one attached hydrogen (secondary N) is 3. The molecule has 12 nitrogen and oxygen atoms in total. The van der Waals surface area contributed by atoms with Crippen molar-refractivity contribution in [3.63, 3.8) is 0 Å². The molecule has 0 spiro atoms. The lowest BCUT2D eigenvalue weighted by molar-refractivity contribution is 0.0962. The molecule has 2 rings (SSSR count). The van der Waals surface area contributed by atoms with Crippen LogP contribution in [0.3, 0.4) is 0 Å². The van der Waals surface area contributed by atoms with E-state index in [0.717, 1.165) is 0 Å². The van der Waals surface area contributed by atoms with Crippen LogP contribution in [0.5, 0.6) is 11.8 Å². The fraction of sp³-hybridized carbons (Fsp3) is 0.188. The van der Waals surface area contributed by atoms with Crippen LogP contribution < -0.4 is 24.8 Å². The van der Waals surface area contributed by atoms with Crippen molar-refractivity contribution >= 4 is 27.9 Å². The molecule has 154 valence electrons. The molecule has 0 aliphatic rings. The molecule has 29 heavy (non-hydrogen) atoms. The maximum atomic E-state index is 12.6. The third-order valence-electron chi connectivity index (χ3n) is 3.15. The number of amides is 3. The van der Waals surface area contributed by atoms with Crippen LogP contribution in [-0.2, 0) is 10.0 Å². The molecule has 13 heteroatoms. The van der Waals surface area contributed by atoms with Gasteiger partial charge in [0, 0.05) is 11.9 Å².